The lowest BCUT2D eigenvalue weighted by molar-refractivity contribution is -0.150. The molecule has 3 atom stereocenters. The van der Waals surface area contributed by atoms with Gasteiger partial charge < -0.3 is 10.4 Å². The fourth-order valence-corrected chi connectivity index (χ4v) is 4.87. The van der Waals surface area contributed by atoms with Crippen LogP contribution >= 0.6 is 0 Å². The van der Waals surface area contributed by atoms with Gasteiger partial charge in [-0.2, -0.15) is 0 Å². The third-order valence-corrected chi connectivity index (χ3v) is 6.38. The van der Waals surface area contributed by atoms with Gasteiger partial charge in [0.05, 0.1) is 0 Å². The first-order chi connectivity index (χ1) is 10.0. The van der Waals surface area contributed by atoms with E-state index in [0.29, 0.717) is 30.6 Å². The molecule has 3 unspecified atom stereocenters. The summed E-state index contributed by atoms with van der Waals surface area (Å²) in [5, 5.41) is 12.6. The van der Waals surface area contributed by atoms with Crippen molar-refractivity contribution in [2.45, 2.75) is 70.3 Å². The molecule has 3 fully saturated rings. The smallest absolute Gasteiger partial charge is 0.329 e. The Bertz CT molecular complexity index is 426. The monoisotopic (exact) mass is 293 g/mol. The molecule has 0 heterocycles. The lowest BCUT2D eigenvalue weighted by atomic mass is 9.75. The number of carboxylic acids is 1. The van der Waals surface area contributed by atoms with Crippen molar-refractivity contribution in [2.75, 3.05) is 0 Å². The highest BCUT2D eigenvalue weighted by molar-refractivity contribution is 5.88. The van der Waals surface area contributed by atoms with Crippen molar-refractivity contribution in [1.82, 2.24) is 5.32 Å². The summed E-state index contributed by atoms with van der Waals surface area (Å²) in [6.07, 6.45) is 8.69. The van der Waals surface area contributed by atoms with Gasteiger partial charge in [0.15, 0.2) is 0 Å². The van der Waals surface area contributed by atoms with Crippen molar-refractivity contribution in [1.29, 1.82) is 0 Å². The van der Waals surface area contributed by atoms with E-state index in [9.17, 15) is 14.7 Å². The molecule has 3 rings (SSSR count). The highest BCUT2D eigenvalue weighted by Crippen LogP contribution is 2.48. The molecule has 0 aliphatic heterocycles. The Kier molecular flexibility index (Phi) is 3.98. The molecule has 1 amide bonds. The quantitative estimate of drug-likeness (QED) is 0.837. The van der Waals surface area contributed by atoms with Crippen LogP contribution in [0.2, 0.25) is 0 Å². The van der Waals surface area contributed by atoms with E-state index in [-0.39, 0.29) is 11.8 Å². The zero-order chi connectivity index (χ0) is 15.0. The third kappa shape index (κ3) is 2.69. The van der Waals surface area contributed by atoms with E-state index in [4.69, 9.17) is 0 Å². The van der Waals surface area contributed by atoms with E-state index >= 15 is 0 Å². The average Bonchev–Trinajstić information content (AvgIpc) is 3.10. The molecule has 21 heavy (non-hydrogen) atoms. The van der Waals surface area contributed by atoms with E-state index in [1.165, 1.54) is 12.8 Å². The van der Waals surface area contributed by atoms with Gasteiger partial charge in [0.1, 0.15) is 5.54 Å². The number of carbonyl (C=O) groups is 2. The second-order valence-corrected chi connectivity index (χ2v) is 7.51. The Hall–Kier alpha value is -1.06. The third-order valence-electron chi connectivity index (χ3n) is 6.38. The predicted octanol–water partition coefficient (Wildman–Crippen LogP) is 2.96. The summed E-state index contributed by atoms with van der Waals surface area (Å²) in [7, 11) is 0. The largest absolute Gasteiger partial charge is 0.480 e. The fourth-order valence-electron chi connectivity index (χ4n) is 4.87. The van der Waals surface area contributed by atoms with Crippen LogP contribution in [0.25, 0.3) is 0 Å². The van der Waals surface area contributed by atoms with E-state index in [1.54, 1.807) is 0 Å². The summed E-state index contributed by atoms with van der Waals surface area (Å²) < 4.78 is 0. The minimum Gasteiger partial charge on any atom is -0.480 e. The van der Waals surface area contributed by atoms with Gasteiger partial charge in [0.25, 0.3) is 0 Å². The first kappa shape index (κ1) is 14.9. The summed E-state index contributed by atoms with van der Waals surface area (Å²) in [6.45, 7) is 2.16. The molecule has 0 radical (unpaired) electrons. The summed E-state index contributed by atoms with van der Waals surface area (Å²) in [6, 6.07) is 0. The van der Waals surface area contributed by atoms with Crippen LogP contribution < -0.4 is 5.32 Å². The number of hydrogen-bond donors (Lipinski definition) is 2. The zero-order valence-corrected chi connectivity index (χ0v) is 12.9. The Morgan fingerprint density at radius 1 is 1.14 bits per heavy atom. The molecule has 0 spiro atoms. The molecule has 4 heteroatoms. The van der Waals surface area contributed by atoms with Crippen LogP contribution in [0, 0.1) is 23.7 Å². The molecule has 2 N–H and O–H groups in total. The van der Waals surface area contributed by atoms with Gasteiger partial charge in [0.2, 0.25) is 5.91 Å². The number of carboxylic acid groups (broad SMARTS) is 1. The first-order valence-corrected chi connectivity index (χ1v) is 8.59. The number of aliphatic carboxylic acids is 1. The molecule has 0 saturated heterocycles. The number of amides is 1. The van der Waals surface area contributed by atoms with Gasteiger partial charge in [-0.1, -0.05) is 19.8 Å². The Morgan fingerprint density at radius 3 is 2.33 bits per heavy atom. The standard InChI is InChI=1S/C17H27NO3/c1-2-11-5-7-17(8-6-11,16(20)21)18-15(19)14-10-12-3-4-13(14)9-12/h11-14H,2-10H2,1H3,(H,18,19)(H,20,21). The predicted molar refractivity (Wildman–Crippen MR) is 79.7 cm³/mol. The van der Waals surface area contributed by atoms with E-state index in [0.717, 1.165) is 32.1 Å². The van der Waals surface area contributed by atoms with Crippen LogP contribution in [0.1, 0.15) is 64.7 Å². The molecule has 3 saturated carbocycles. The van der Waals surface area contributed by atoms with Crippen LogP contribution in [0.15, 0.2) is 0 Å². The lowest BCUT2D eigenvalue weighted by Crippen LogP contribution is -2.58. The summed E-state index contributed by atoms with van der Waals surface area (Å²) in [4.78, 5) is 24.4. The number of carbonyl (C=O) groups excluding carboxylic acids is 1. The van der Waals surface area contributed by atoms with Crippen molar-refractivity contribution >= 4 is 11.9 Å². The summed E-state index contributed by atoms with van der Waals surface area (Å²) in [5.74, 6) is 1.09. The second kappa shape index (κ2) is 5.62. The van der Waals surface area contributed by atoms with E-state index in [1.807, 2.05) is 0 Å². The summed E-state index contributed by atoms with van der Waals surface area (Å²) in [5.41, 5.74) is -0.995. The van der Waals surface area contributed by atoms with Gasteiger partial charge in [-0.05, 0) is 62.7 Å². The molecular formula is C17H27NO3. The van der Waals surface area contributed by atoms with Crippen molar-refractivity contribution < 1.29 is 14.7 Å². The van der Waals surface area contributed by atoms with Crippen LogP contribution in [0.4, 0.5) is 0 Å². The minimum absolute atomic E-state index is 0.0135. The molecular weight excluding hydrogens is 266 g/mol. The van der Waals surface area contributed by atoms with Gasteiger partial charge >= 0.3 is 5.97 Å². The van der Waals surface area contributed by atoms with Crippen molar-refractivity contribution in [3.05, 3.63) is 0 Å². The maximum Gasteiger partial charge on any atom is 0.329 e. The van der Waals surface area contributed by atoms with Crippen LogP contribution in [-0.4, -0.2) is 22.5 Å². The van der Waals surface area contributed by atoms with E-state index in [2.05, 4.69) is 12.2 Å². The molecule has 0 aromatic carbocycles. The number of nitrogens with one attached hydrogen (secondary N) is 1. The fraction of sp³-hybridized carbons (Fsp3) is 0.882. The van der Waals surface area contributed by atoms with Crippen LogP contribution in [0.5, 0.6) is 0 Å². The molecule has 3 aliphatic rings. The van der Waals surface area contributed by atoms with Crippen molar-refractivity contribution in [2.24, 2.45) is 23.7 Å². The molecule has 2 bridgehead atoms. The second-order valence-electron chi connectivity index (χ2n) is 7.51. The normalized spacial score (nSPS) is 42.0. The number of fused-ring (bicyclic) bond motifs is 2. The number of hydrogen-bond acceptors (Lipinski definition) is 2. The van der Waals surface area contributed by atoms with Crippen LogP contribution in [-0.2, 0) is 9.59 Å². The van der Waals surface area contributed by atoms with Crippen molar-refractivity contribution in [3.63, 3.8) is 0 Å². The highest BCUT2D eigenvalue weighted by Gasteiger charge is 2.48. The summed E-state index contributed by atoms with van der Waals surface area (Å²) >= 11 is 0. The topological polar surface area (TPSA) is 66.4 Å². The number of rotatable bonds is 4. The molecule has 0 aromatic heterocycles. The Labute approximate surface area is 126 Å². The Morgan fingerprint density at radius 2 is 1.86 bits per heavy atom. The zero-order valence-electron chi connectivity index (χ0n) is 12.9. The lowest BCUT2D eigenvalue weighted by Gasteiger charge is -2.38. The van der Waals surface area contributed by atoms with Gasteiger partial charge in [0, 0.05) is 5.92 Å². The van der Waals surface area contributed by atoms with Gasteiger partial charge in [-0.3, -0.25) is 4.79 Å². The molecule has 3 aliphatic carbocycles. The first-order valence-electron chi connectivity index (χ1n) is 8.59. The molecule has 4 nitrogen and oxygen atoms in total. The van der Waals surface area contributed by atoms with Crippen molar-refractivity contribution in [3.8, 4) is 0 Å². The van der Waals surface area contributed by atoms with Crippen LogP contribution in [0.3, 0.4) is 0 Å². The minimum atomic E-state index is -0.995. The van der Waals surface area contributed by atoms with Gasteiger partial charge in [-0.25, -0.2) is 4.79 Å². The highest BCUT2D eigenvalue weighted by atomic mass is 16.4. The van der Waals surface area contributed by atoms with E-state index < -0.39 is 11.5 Å². The maximum atomic E-state index is 12.6. The molecule has 118 valence electrons. The Balaban J connectivity index is 1.65. The van der Waals surface area contributed by atoms with Gasteiger partial charge in [-0.15, -0.1) is 0 Å². The average molecular weight is 293 g/mol. The SMILES string of the molecule is CCC1CCC(NC(=O)C2CC3CCC2C3)(C(=O)O)CC1. The molecule has 0 aromatic rings. The maximum absolute atomic E-state index is 12.6.